The van der Waals surface area contributed by atoms with E-state index in [0.29, 0.717) is 11.1 Å². The predicted octanol–water partition coefficient (Wildman–Crippen LogP) is 3.76. The lowest BCUT2D eigenvalue weighted by molar-refractivity contribution is 0.414. The fraction of sp³-hybridized carbons (Fsp3) is 0.333. The van der Waals surface area contributed by atoms with E-state index in [4.69, 9.17) is 20.8 Å². The minimum absolute atomic E-state index is 0.375. The predicted molar refractivity (Wildman–Crippen MR) is 77.9 cm³/mol. The monoisotopic (exact) mass is 279 g/mol. The quantitative estimate of drug-likeness (QED) is 0.905. The Balaban J connectivity index is 2.27. The molecule has 0 aliphatic rings. The number of hydrogen-bond acceptors (Lipinski definition) is 3. The summed E-state index contributed by atoms with van der Waals surface area (Å²) in [6.07, 6.45) is 0.845. The summed E-state index contributed by atoms with van der Waals surface area (Å²) in [4.78, 5) is 0. The Labute approximate surface area is 118 Å². The van der Waals surface area contributed by atoms with E-state index in [2.05, 4.69) is 12.2 Å². The van der Waals surface area contributed by atoms with Gasteiger partial charge in [0.05, 0.1) is 12.1 Å². The van der Waals surface area contributed by atoms with Crippen LogP contribution in [-0.4, -0.2) is 20.2 Å². The molecule has 1 aromatic heterocycles. The second kappa shape index (κ2) is 6.13. The van der Waals surface area contributed by atoms with Crippen molar-refractivity contribution in [1.29, 1.82) is 0 Å². The highest BCUT2D eigenvalue weighted by Gasteiger charge is 2.11. The first-order valence-electron chi connectivity index (χ1n) is 6.24. The van der Waals surface area contributed by atoms with Crippen LogP contribution < -0.4 is 10.1 Å². The largest absolute Gasteiger partial charge is 0.497 e. The Morgan fingerprint density at radius 1 is 1.32 bits per heavy atom. The molecule has 4 heteroatoms. The van der Waals surface area contributed by atoms with Crippen LogP contribution in [0.5, 0.6) is 5.75 Å². The maximum Gasteiger partial charge on any atom is 0.135 e. The fourth-order valence-corrected chi connectivity index (χ4v) is 2.07. The van der Waals surface area contributed by atoms with Crippen molar-refractivity contribution in [2.75, 3.05) is 14.2 Å². The molecule has 0 saturated heterocycles. The molecule has 19 heavy (non-hydrogen) atoms. The van der Waals surface area contributed by atoms with Gasteiger partial charge in [0.1, 0.15) is 17.3 Å². The molecule has 1 unspecified atom stereocenters. The molecule has 0 saturated carbocycles. The average molecular weight is 280 g/mol. The molecule has 0 amide bonds. The van der Waals surface area contributed by atoms with Crippen LogP contribution in [0.3, 0.4) is 0 Å². The molecule has 102 valence electrons. The van der Waals surface area contributed by atoms with Crippen LogP contribution in [0.15, 0.2) is 34.7 Å². The van der Waals surface area contributed by atoms with Crippen LogP contribution in [0.4, 0.5) is 0 Å². The van der Waals surface area contributed by atoms with Gasteiger partial charge in [0, 0.05) is 18.0 Å². The van der Waals surface area contributed by atoms with Gasteiger partial charge in [-0.2, -0.15) is 0 Å². The highest BCUT2D eigenvalue weighted by Crippen LogP contribution is 2.32. The number of methoxy groups -OCH3 is 1. The Morgan fingerprint density at radius 2 is 2.11 bits per heavy atom. The summed E-state index contributed by atoms with van der Waals surface area (Å²) in [7, 11) is 3.57. The minimum Gasteiger partial charge on any atom is -0.497 e. The average Bonchev–Trinajstić information content (AvgIpc) is 2.87. The van der Waals surface area contributed by atoms with Gasteiger partial charge < -0.3 is 14.5 Å². The van der Waals surface area contributed by atoms with Gasteiger partial charge in [0.25, 0.3) is 0 Å². The third kappa shape index (κ3) is 3.31. The maximum absolute atomic E-state index is 6.20. The van der Waals surface area contributed by atoms with E-state index in [1.54, 1.807) is 7.11 Å². The van der Waals surface area contributed by atoms with Crippen LogP contribution in [-0.2, 0) is 6.42 Å². The SMILES string of the molecule is CNC(C)Cc1ccc(-c2cc(OC)ccc2Cl)o1. The Morgan fingerprint density at radius 3 is 2.79 bits per heavy atom. The number of halogens is 1. The molecule has 1 atom stereocenters. The summed E-state index contributed by atoms with van der Waals surface area (Å²) in [5.41, 5.74) is 0.851. The van der Waals surface area contributed by atoms with Crippen molar-refractivity contribution in [3.05, 3.63) is 41.1 Å². The van der Waals surface area contributed by atoms with E-state index < -0.39 is 0 Å². The van der Waals surface area contributed by atoms with Gasteiger partial charge >= 0.3 is 0 Å². The third-order valence-electron chi connectivity index (χ3n) is 3.10. The Kier molecular flexibility index (Phi) is 4.51. The molecule has 1 heterocycles. The van der Waals surface area contributed by atoms with Gasteiger partial charge in [-0.15, -0.1) is 0 Å². The third-order valence-corrected chi connectivity index (χ3v) is 3.43. The highest BCUT2D eigenvalue weighted by molar-refractivity contribution is 6.33. The molecule has 3 nitrogen and oxygen atoms in total. The molecule has 0 fully saturated rings. The zero-order valence-corrected chi connectivity index (χ0v) is 12.1. The van der Waals surface area contributed by atoms with Crippen molar-refractivity contribution in [3.8, 4) is 17.1 Å². The summed E-state index contributed by atoms with van der Waals surface area (Å²) in [6.45, 7) is 2.11. The van der Waals surface area contributed by atoms with Crippen molar-refractivity contribution in [3.63, 3.8) is 0 Å². The van der Waals surface area contributed by atoms with Gasteiger partial charge in [-0.05, 0) is 44.3 Å². The maximum atomic E-state index is 6.20. The highest BCUT2D eigenvalue weighted by atomic mass is 35.5. The molecule has 2 aromatic rings. The molecule has 1 aromatic carbocycles. The molecule has 0 bridgehead atoms. The summed E-state index contributed by atoms with van der Waals surface area (Å²) in [6, 6.07) is 9.83. The van der Waals surface area contributed by atoms with E-state index in [9.17, 15) is 0 Å². The van der Waals surface area contributed by atoms with Gasteiger partial charge in [-0.25, -0.2) is 0 Å². The second-order valence-electron chi connectivity index (χ2n) is 4.51. The van der Waals surface area contributed by atoms with Crippen molar-refractivity contribution in [1.82, 2.24) is 5.32 Å². The first kappa shape index (κ1) is 14.0. The topological polar surface area (TPSA) is 34.4 Å². The van der Waals surface area contributed by atoms with E-state index in [1.807, 2.05) is 37.4 Å². The summed E-state index contributed by atoms with van der Waals surface area (Å²) >= 11 is 6.20. The summed E-state index contributed by atoms with van der Waals surface area (Å²) in [5, 5.41) is 3.84. The number of ether oxygens (including phenoxy) is 1. The van der Waals surface area contributed by atoms with Crippen molar-refractivity contribution < 1.29 is 9.15 Å². The van der Waals surface area contributed by atoms with Gasteiger partial charge in [-0.3, -0.25) is 0 Å². The number of likely N-dealkylation sites (N-methyl/N-ethyl adjacent to an activating group) is 1. The van der Waals surface area contributed by atoms with Gasteiger partial charge in [0.15, 0.2) is 0 Å². The molecular weight excluding hydrogens is 262 g/mol. The number of hydrogen-bond donors (Lipinski definition) is 1. The Bertz CT molecular complexity index is 551. The molecule has 0 aliphatic heterocycles. The number of rotatable bonds is 5. The van der Waals surface area contributed by atoms with Crippen LogP contribution in [0.2, 0.25) is 5.02 Å². The molecule has 2 rings (SSSR count). The normalized spacial score (nSPS) is 12.4. The molecular formula is C15H18ClNO2. The first-order chi connectivity index (χ1) is 9.13. The molecule has 0 aliphatic carbocycles. The van der Waals surface area contributed by atoms with E-state index in [0.717, 1.165) is 29.3 Å². The standard InChI is InChI=1S/C15H18ClNO2/c1-10(17-2)8-12-5-7-15(19-12)13-9-11(18-3)4-6-14(13)16/h4-7,9-10,17H,8H2,1-3H3. The second-order valence-corrected chi connectivity index (χ2v) is 4.91. The zero-order valence-electron chi connectivity index (χ0n) is 11.4. The van der Waals surface area contributed by atoms with Crippen LogP contribution >= 0.6 is 11.6 Å². The van der Waals surface area contributed by atoms with Crippen molar-refractivity contribution in [2.24, 2.45) is 0 Å². The lowest BCUT2D eigenvalue weighted by atomic mass is 10.1. The van der Waals surface area contributed by atoms with E-state index in [-0.39, 0.29) is 0 Å². The summed E-state index contributed by atoms with van der Waals surface area (Å²) in [5.74, 6) is 2.47. The molecule has 0 spiro atoms. The van der Waals surface area contributed by atoms with E-state index in [1.165, 1.54) is 0 Å². The molecule has 1 N–H and O–H groups in total. The van der Waals surface area contributed by atoms with Crippen LogP contribution in [0.25, 0.3) is 11.3 Å². The van der Waals surface area contributed by atoms with Crippen molar-refractivity contribution in [2.45, 2.75) is 19.4 Å². The van der Waals surface area contributed by atoms with E-state index >= 15 is 0 Å². The Hall–Kier alpha value is -1.45. The number of nitrogens with one attached hydrogen (secondary N) is 1. The van der Waals surface area contributed by atoms with Crippen LogP contribution in [0.1, 0.15) is 12.7 Å². The lowest BCUT2D eigenvalue weighted by Crippen LogP contribution is -2.23. The first-order valence-corrected chi connectivity index (χ1v) is 6.61. The fourth-order valence-electron chi connectivity index (χ4n) is 1.86. The number of furan rings is 1. The van der Waals surface area contributed by atoms with Gasteiger partial charge in [0.2, 0.25) is 0 Å². The zero-order chi connectivity index (χ0) is 13.8. The number of benzene rings is 1. The summed E-state index contributed by atoms with van der Waals surface area (Å²) < 4.78 is 11.1. The van der Waals surface area contributed by atoms with Crippen LogP contribution in [0, 0.1) is 0 Å². The smallest absolute Gasteiger partial charge is 0.135 e. The molecule has 0 radical (unpaired) electrons. The minimum atomic E-state index is 0.375. The lowest BCUT2D eigenvalue weighted by Gasteiger charge is -2.07. The van der Waals surface area contributed by atoms with Gasteiger partial charge in [-0.1, -0.05) is 11.6 Å². The van der Waals surface area contributed by atoms with Crippen molar-refractivity contribution >= 4 is 11.6 Å².